The lowest BCUT2D eigenvalue weighted by Gasteiger charge is -2.41. The van der Waals surface area contributed by atoms with Crippen LogP contribution in [-0.4, -0.2) is 63.2 Å². The van der Waals surface area contributed by atoms with Gasteiger partial charge in [-0.25, -0.2) is 0 Å². The van der Waals surface area contributed by atoms with Crippen LogP contribution in [0.15, 0.2) is 4.34 Å². The number of carbonyl (C=O) groups is 2. The summed E-state index contributed by atoms with van der Waals surface area (Å²) in [5.74, 6) is 0.706. The van der Waals surface area contributed by atoms with Crippen molar-refractivity contribution in [2.75, 3.05) is 25.4 Å². The fraction of sp³-hybridized carbons (Fsp3) is 0.750. The Kier molecular flexibility index (Phi) is 5.15. The van der Waals surface area contributed by atoms with E-state index in [2.05, 4.69) is 24.0 Å². The number of carbonyl (C=O) groups excluding carboxylic acids is 2. The van der Waals surface area contributed by atoms with Gasteiger partial charge in [0.2, 0.25) is 11.8 Å². The molecule has 2 fully saturated rings. The molecule has 1 atom stereocenters. The van der Waals surface area contributed by atoms with Crippen LogP contribution in [0, 0.1) is 12.3 Å². The van der Waals surface area contributed by atoms with Gasteiger partial charge in [0.25, 0.3) is 0 Å². The zero-order chi connectivity index (χ0) is 17.3. The second-order valence-corrected chi connectivity index (χ2v) is 9.32. The number of thioether (sulfide) groups is 1. The van der Waals surface area contributed by atoms with Crippen molar-refractivity contribution < 1.29 is 9.59 Å². The third-order valence-corrected chi connectivity index (χ3v) is 6.88. The van der Waals surface area contributed by atoms with E-state index in [1.54, 1.807) is 0 Å². The van der Waals surface area contributed by atoms with Gasteiger partial charge in [0.15, 0.2) is 4.34 Å². The molecule has 0 radical (unpaired) electrons. The van der Waals surface area contributed by atoms with Gasteiger partial charge in [-0.3, -0.25) is 9.59 Å². The summed E-state index contributed by atoms with van der Waals surface area (Å²) in [4.78, 5) is 29.3. The number of aromatic nitrogens is 2. The first-order chi connectivity index (χ1) is 11.4. The molecule has 0 N–H and O–H groups in total. The van der Waals surface area contributed by atoms with Gasteiger partial charge in [-0.1, -0.05) is 23.1 Å². The van der Waals surface area contributed by atoms with Gasteiger partial charge in [0.1, 0.15) is 5.01 Å². The number of piperidine rings is 1. The Balaban J connectivity index is 1.59. The molecule has 2 amide bonds. The maximum Gasteiger partial charge on any atom is 0.233 e. The van der Waals surface area contributed by atoms with Gasteiger partial charge < -0.3 is 9.80 Å². The van der Waals surface area contributed by atoms with Crippen molar-refractivity contribution in [1.82, 2.24) is 20.0 Å². The van der Waals surface area contributed by atoms with Gasteiger partial charge in [-0.05, 0) is 40.0 Å². The van der Waals surface area contributed by atoms with E-state index in [1.807, 2.05) is 16.7 Å². The zero-order valence-corrected chi connectivity index (χ0v) is 16.1. The van der Waals surface area contributed by atoms with E-state index in [0.717, 1.165) is 35.2 Å². The molecule has 0 unspecified atom stereocenters. The maximum absolute atomic E-state index is 12.9. The molecule has 2 saturated heterocycles. The number of rotatable bonds is 4. The predicted molar refractivity (Wildman–Crippen MR) is 95.1 cm³/mol. The predicted octanol–water partition coefficient (Wildman–Crippen LogP) is 2.19. The topological polar surface area (TPSA) is 66.4 Å². The highest BCUT2D eigenvalue weighted by atomic mass is 32.2. The fourth-order valence-corrected chi connectivity index (χ4v) is 5.33. The highest BCUT2D eigenvalue weighted by Gasteiger charge is 2.49. The quantitative estimate of drug-likeness (QED) is 0.762. The Morgan fingerprint density at radius 3 is 2.79 bits per heavy atom. The Hall–Kier alpha value is -1.15. The third-order valence-electron chi connectivity index (χ3n) is 4.93. The normalized spacial score (nSPS) is 24.4. The monoisotopic (exact) mass is 368 g/mol. The number of hydrogen-bond acceptors (Lipinski definition) is 6. The summed E-state index contributed by atoms with van der Waals surface area (Å²) in [6.45, 7) is 8.14. The van der Waals surface area contributed by atoms with Gasteiger partial charge in [0.05, 0.1) is 11.2 Å². The first kappa shape index (κ1) is 17.7. The van der Waals surface area contributed by atoms with E-state index in [0.29, 0.717) is 18.8 Å². The van der Waals surface area contributed by atoms with Crippen LogP contribution >= 0.6 is 23.1 Å². The van der Waals surface area contributed by atoms with E-state index in [4.69, 9.17) is 0 Å². The molecule has 0 bridgehead atoms. The van der Waals surface area contributed by atoms with Crippen molar-refractivity contribution in [2.24, 2.45) is 5.41 Å². The van der Waals surface area contributed by atoms with E-state index < -0.39 is 0 Å². The van der Waals surface area contributed by atoms with E-state index >= 15 is 0 Å². The van der Waals surface area contributed by atoms with Crippen LogP contribution in [0.25, 0.3) is 0 Å². The van der Waals surface area contributed by atoms with Crippen LogP contribution in [0.1, 0.15) is 38.1 Å². The minimum Gasteiger partial charge on any atom is -0.341 e. The number of nitrogens with zero attached hydrogens (tertiary/aromatic N) is 4. The van der Waals surface area contributed by atoms with Crippen molar-refractivity contribution in [3.05, 3.63) is 5.01 Å². The van der Waals surface area contributed by atoms with Gasteiger partial charge in [0, 0.05) is 25.7 Å². The molecule has 0 aromatic carbocycles. The van der Waals surface area contributed by atoms with E-state index in [1.165, 1.54) is 23.1 Å². The SMILES string of the molecule is Cc1nnc(SCC(=O)N2CC[C@]3(CCCN(C(C)C)C3=O)C2)s1. The molecule has 3 heterocycles. The average Bonchev–Trinajstić information content (AvgIpc) is 3.15. The molecular weight excluding hydrogens is 344 g/mol. The summed E-state index contributed by atoms with van der Waals surface area (Å²) < 4.78 is 0.828. The van der Waals surface area contributed by atoms with Crippen LogP contribution in [0.5, 0.6) is 0 Å². The molecule has 24 heavy (non-hydrogen) atoms. The van der Waals surface area contributed by atoms with E-state index in [-0.39, 0.29) is 23.3 Å². The molecule has 132 valence electrons. The summed E-state index contributed by atoms with van der Waals surface area (Å²) in [6, 6.07) is 0.232. The van der Waals surface area contributed by atoms with E-state index in [9.17, 15) is 9.59 Å². The van der Waals surface area contributed by atoms with Crippen LogP contribution in [-0.2, 0) is 9.59 Å². The van der Waals surface area contributed by atoms with Crippen molar-refractivity contribution in [3.8, 4) is 0 Å². The van der Waals surface area contributed by atoms with Crippen molar-refractivity contribution in [3.63, 3.8) is 0 Å². The smallest absolute Gasteiger partial charge is 0.233 e. The molecule has 6 nitrogen and oxygen atoms in total. The maximum atomic E-state index is 12.9. The summed E-state index contributed by atoms with van der Waals surface area (Å²) in [6.07, 6.45) is 2.73. The molecule has 1 aromatic heterocycles. The first-order valence-electron chi connectivity index (χ1n) is 8.43. The largest absolute Gasteiger partial charge is 0.341 e. The molecule has 1 aromatic rings. The number of amides is 2. The number of aryl methyl sites for hydroxylation is 1. The van der Waals surface area contributed by atoms with Crippen LogP contribution < -0.4 is 0 Å². The lowest BCUT2D eigenvalue weighted by atomic mass is 9.78. The summed E-state index contributed by atoms with van der Waals surface area (Å²) in [5, 5.41) is 8.92. The second-order valence-electron chi connectivity index (χ2n) is 6.92. The second kappa shape index (κ2) is 7.00. The minimum atomic E-state index is -0.345. The van der Waals surface area contributed by atoms with Crippen molar-refractivity contribution >= 4 is 34.9 Å². The molecule has 0 aliphatic carbocycles. The number of hydrogen-bond donors (Lipinski definition) is 0. The molecule has 0 saturated carbocycles. The Bertz CT molecular complexity index is 633. The standard InChI is InChI=1S/C16H24N4O2S2/c1-11(2)20-7-4-5-16(14(20)22)6-8-19(10-16)13(21)9-23-15-18-17-12(3)24-15/h11H,4-10H2,1-3H3/t16-/m1/s1. The Morgan fingerprint density at radius 1 is 1.33 bits per heavy atom. The molecule has 8 heteroatoms. The van der Waals surface area contributed by atoms with Crippen LogP contribution in [0.2, 0.25) is 0 Å². The first-order valence-corrected chi connectivity index (χ1v) is 10.2. The Labute approximate surface area is 151 Å². The minimum absolute atomic E-state index is 0.0965. The summed E-state index contributed by atoms with van der Waals surface area (Å²) >= 11 is 2.94. The number of likely N-dealkylation sites (tertiary alicyclic amines) is 2. The Morgan fingerprint density at radius 2 is 2.12 bits per heavy atom. The summed E-state index contributed by atoms with van der Waals surface area (Å²) in [5.41, 5.74) is -0.345. The third kappa shape index (κ3) is 3.44. The van der Waals surface area contributed by atoms with Gasteiger partial charge in [-0.2, -0.15) is 0 Å². The van der Waals surface area contributed by atoms with Gasteiger partial charge >= 0.3 is 0 Å². The van der Waals surface area contributed by atoms with Crippen LogP contribution in [0.3, 0.4) is 0 Å². The lowest BCUT2D eigenvalue weighted by molar-refractivity contribution is -0.148. The lowest BCUT2D eigenvalue weighted by Crippen LogP contribution is -2.52. The molecule has 1 spiro atoms. The molecule has 2 aliphatic rings. The highest BCUT2D eigenvalue weighted by molar-refractivity contribution is 8.01. The molecule has 3 rings (SSSR count). The molecule has 2 aliphatic heterocycles. The van der Waals surface area contributed by atoms with Crippen LogP contribution in [0.4, 0.5) is 0 Å². The summed E-state index contributed by atoms with van der Waals surface area (Å²) in [7, 11) is 0. The molecular formula is C16H24N4O2S2. The van der Waals surface area contributed by atoms with Gasteiger partial charge in [-0.15, -0.1) is 10.2 Å². The zero-order valence-electron chi connectivity index (χ0n) is 14.4. The van der Waals surface area contributed by atoms with Crippen molar-refractivity contribution in [2.45, 2.75) is 50.4 Å². The van der Waals surface area contributed by atoms with Crippen molar-refractivity contribution in [1.29, 1.82) is 0 Å². The fourth-order valence-electron chi connectivity index (χ4n) is 3.61. The average molecular weight is 369 g/mol. The highest BCUT2D eigenvalue weighted by Crippen LogP contribution is 2.41.